The Kier molecular flexibility index (Phi) is 14.0. The predicted octanol–water partition coefficient (Wildman–Crippen LogP) is 5.65. The summed E-state index contributed by atoms with van der Waals surface area (Å²) in [4.78, 5) is 39.5. The van der Waals surface area contributed by atoms with Gasteiger partial charge in [0.15, 0.2) is 6.29 Å². The molecule has 1 saturated carbocycles. The Morgan fingerprint density at radius 3 is 2.40 bits per heavy atom. The van der Waals surface area contributed by atoms with Crippen LogP contribution < -0.4 is 5.32 Å². The second kappa shape index (κ2) is 16.9. The summed E-state index contributed by atoms with van der Waals surface area (Å²) >= 11 is 6.19. The molecule has 1 N–H and O–H groups in total. The quantitative estimate of drug-likeness (QED) is 0.154. The monoisotopic (exact) mass is 569 g/mol. The summed E-state index contributed by atoms with van der Waals surface area (Å²) in [7, 11) is 3.47. The third-order valence-corrected chi connectivity index (χ3v) is 7.92. The molecule has 218 valence electrons. The molecule has 3 rings (SSSR count). The number of hydrogen-bond acceptors (Lipinski definition) is 6. The van der Waals surface area contributed by atoms with E-state index in [4.69, 9.17) is 16.6 Å². The van der Waals surface area contributed by atoms with Gasteiger partial charge in [0.25, 0.3) is 0 Å². The first kappa shape index (κ1) is 33.2. The van der Waals surface area contributed by atoms with Crippen molar-refractivity contribution in [1.29, 1.82) is 0 Å². The molecule has 1 aliphatic rings. The van der Waals surface area contributed by atoms with E-state index in [1.165, 1.54) is 18.2 Å². The molecule has 0 spiro atoms. The van der Waals surface area contributed by atoms with E-state index in [0.29, 0.717) is 29.6 Å². The number of amides is 1. The molecule has 1 aliphatic carbocycles. The van der Waals surface area contributed by atoms with Gasteiger partial charge >= 0.3 is 5.97 Å². The molecule has 2 aromatic rings. The van der Waals surface area contributed by atoms with Crippen molar-refractivity contribution in [1.82, 2.24) is 10.2 Å². The van der Waals surface area contributed by atoms with Crippen LogP contribution >= 0.6 is 11.6 Å². The minimum atomic E-state index is -0.353. The van der Waals surface area contributed by atoms with E-state index in [1.54, 1.807) is 0 Å². The number of aliphatic imine (C=N–C) groups is 1. The van der Waals surface area contributed by atoms with Crippen molar-refractivity contribution < 1.29 is 19.1 Å². The van der Waals surface area contributed by atoms with Gasteiger partial charge in [0.1, 0.15) is 11.4 Å². The summed E-state index contributed by atoms with van der Waals surface area (Å²) in [6, 6.07) is 16.2. The molecular formula is C32H44ClN3O4. The Labute approximate surface area is 244 Å². The lowest BCUT2D eigenvalue weighted by atomic mass is 9.76. The average Bonchev–Trinajstić information content (AvgIpc) is 2.96. The molecule has 8 heteroatoms. The molecule has 1 fully saturated rings. The highest BCUT2D eigenvalue weighted by atomic mass is 35.5. The minimum Gasteiger partial charge on any atom is -0.469 e. The number of nitrogens with one attached hydrogen (secondary N) is 1. The van der Waals surface area contributed by atoms with Gasteiger partial charge in [-0.1, -0.05) is 67.4 Å². The van der Waals surface area contributed by atoms with Crippen molar-refractivity contribution in [2.24, 2.45) is 16.8 Å². The largest absolute Gasteiger partial charge is 0.469 e. The second-order valence-electron chi connectivity index (χ2n) is 10.7. The fourth-order valence-corrected chi connectivity index (χ4v) is 5.16. The van der Waals surface area contributed by atoms with Crippen molar-refractivity contribution in [3.63, 3.8) is 0 Å². The van der Waals surface area contributed by atoms with E-state index in [1.807, 2.05) is 24.3 Å². The van der Waals surface area contributed by atoms with Gasteiger partial charge in [-0.05, 0) is 75.6 Å². The lowest BCUT2D eigenvalue weighted by Crippen LogP contribution is -2.49. The molecule has 0 radical (unpaired) electrons. The topological polar surface area (TPSA) is 88.1 Å². The molecule has 1 amide bonds. The lowest BCUT2D eigenvalue weighted by Gasteiger charge is -2.45. The minimum absolute atomic E-state index is 0.231. The first-order chi connectivity index (χ1) is 19.1. The molecule has 7 nitrogen and oxygen atoms in total. The van der Waals surface area contributed by atoms with Crippen molar-refractivity contribution in [3.05, 3.63) is 70.2 Å². The number of rotatable bonds is 12. The Hall–Kier alpha value is -3.03. The summed E-state index contributed by atoms with van der Waals surface area (Å²) in [5.74, 6) is 1.09. The molecule has 2 aromatic carbocycles. The van der Waals surface area contributed by atoms with Gasteiger partial charge in [0, 0.05) is 23.7 Å². The number of hydrogen-bond donors (Lipinski definition) is 1. The number of aldehydes is 1. The van der Waals surface area contributed by atoms with E-state index in [9.17, 15) is 14.4 Å². The fraction of sp³-hybridized carbons (Fsp3) is 0.500. The Morgan fingerprint density at radius 1 is 1.18 bits per heavy atom. The third kappa shape index (κ3) is 10.5. The first-order valence-corrected chi connectivity index (χ1v) is 14.3. The van der Waals surface area contributed by atoms with E-state index < -0.39 is 0 Å². The smallest absolute Gasteiger partial charge is 0.307 e. The number of carbonyl (C=O) groups is 3. The van der Waals surface area contributed by atoms with Gasteiger partial charge in [0.2, 0.25) is 6.41 Å². The molecule has 0 bridgehead atoms. The Morgan fingerprint density at radius 2 is 1.85 bits per heavy atom. The van der Waals surface area contributed by atoms with Crippen LogP contribution in [-0.4, -0.2) is 62.2 Å². The van der Waals surface area contributed by atoms with Crippen molar-refractivity contribution in [3.8, 4) is 0 Å². The number of ether oxygens (including phenoxy) is 1. The molecule has 0 heterocycles. The van der Waals surface area contributed by atoms with Gasteiger partial charge in [0.05, 0.1) is 13.5 Å². The summed E-state index contributed by atoms with van der Waals surface area (Å²) in [6.07, 6.45) is 6.84. The van der Waals surface area contributed by atoms with Gasteiger partial charge in [-0.3, -0.25) is 24.3 Å². The lowest BCUT2D eigenvalue weighted by molar-refractivity contribution is -0.140. The Balaban J connectivity index is 0.000000536. The van der Waals surface area contributed by atoms with E-state index in [2.05, 4.69) is 67.0 Å². The number of carbonyl (C=O) groups excluding carboxylic acids is 3. The average molecular weight is 570 g/mol. The SMILES string of the molecule is COC(=O)CCNC=O.Cc1ccc(CCN(C)C2(/N=C(\C=O)c3cccc(Cl)c3)CCC(C(C)C)CC2)cc1. The first-order valence-electron chi connectivity index (χ1n) is 14.0. The van der Waals surface area contributed by atoms with Crippen molar-refractivity contribution in [2.45, 2.75) is 65.0 Å². The van der Waals surface area contributed by atoms with Crippen LogP contribution in [0.25, 0.3) is 0 Å². The summed E-state index contributed by atoms with van der Waals surface area (Å²) < 4.78 is 4.30. The summed E-state index contributed by atoms with van der Waals surface area (Å²) in [6.45, 7) is 7.98. The molecule has 0 atom stereocenters. The number of nitrogens with zero attached hydrogens (tertiary/aromatic N) is 2. The normalized spacial score (nSPS) is 19.0. The standard InChI is InChI=1S/C27H35ClN2O.C5H9NO3/c1-20(2)23-12-15-27(16-13-23,29-26(19-31)24-6-5-7-25(28)18-24)30(4)17-14-22-10-8-21(3)9-11-22;1-9-5(8)2-3-6-4-7/h5-11,18-20,23H,12-17H2,1-4H3;4H,2-3H2,1H3,(H,6,7)/b29-26+;. The van der Waals surface area contributed by atoms with Crippen LogP contribution in [0.15, 0.2) is 53.5 Å². The zero-order chi connectivity index (χ0) is 29.5. The van der Waals surface area contributed by atoms with Crippen LogP contribution in [0.5, 0.6) is 0 Å². The number of aryl methyl sites for hydroxylation is 1. The maximum Gasteiger partial charge on any atom is 0.307 e. The number of likely N-dealkylation sites (N-methyl/N-ethyl adjacent to an activating group) is 1. The van der Waals surface area contributed by atoms with Gasteiger partial charge < -0.3 is 10.1 Å². The predicted molar refractivity (Wildman–Crippen MR) is 162 cm³/mol. The van der Waals surface area contributed by atoms with Gasteiger partial charge in [-0.25, -0.2) is 0 Å². The van der Waals surface area contributed by atoms with E-state index in [-0.39, 0.29) is 18.1 Å². The molecule has 0 aliphatic heterocycles. The molecule has 0 saturated heterocycles. The highest BCUT2D eigenvalue weighted by Gasteiger charge is 2.39. The number of esters is 1. The van der Waals surface area contributed by atoms with Crippen LogP contribution in [0.4, 0.5) is 0 Å². The zero-order valence-electron chi connectivity index (χ0n) is 24.5. The zero-order valence-corrected chi connectivity index (χ0v) is 25.2. The van der Waals surface area contributed by atoms with Gasteiger partial charge in [-0.2, -0.15) is 0 Å². The third-order valence-electron chi connectivity index (χ3n) is 7.69. The van der Waals surface area contributed by atoms with Crippen LogP contribution in [0, 0.1) is 18.8 Å². The maximum absolute atomic E-state index is 12.0. The van der Waals surface area contributed by atoms with Crippen LogP contribution in [0.3, 0.4) is 0 Å². The number of halogens is 1. The van der Waals surface area contributed by atoms with Crippen LogP contribution in [-0.2, 0) is 25.5 Å². The van der Waals surface area contributed by atoms with Crippen molar-refractivity contribution >= 4 is 36.0 Å². The molecular weight excluding hydrogens is 526 g/mol. The molecule has 40 heavy (non-hydrogen) atoms. The van der Waals surface area contributed by atoms with Crippen molar-refractivity contribution in [2.75, 3.05) is 27.2 Å². The fourth-order valence-electron chi connectivity index (χ4n) is 4.97. The maximum atomic E-state index is 12.0. The second-order valence-corrected chi connectivity index (χ2v) is 11.2. The summed E-state index contributed by atoms with van der Waals surface area (Å²) in [5.41, 5.74) is 3.54. The van der Waals surface area contributed by atoms with Gasteiger partial charge in [-0.15, -0.1) is 0 Å². The van der Waals surface area contributed by atoms with E-state index >= 15 is 0 Å². The highest BCUT2D eigenvalue weighted by molar-refractivity contribution is 6.37. The summed E-state index contributed by atoms with van der Waals surface area (Å²) in [5, 5.41) is 2.95. The van der Waals surface area contributed by atoms with Crippen LogP contribution in [0.1, 0.15) is 62.6 Å². The molecule has 0 aromatic heterocycles. The molecule has 0 unspecified atom stereocenters. The van der Waals surface area contributed by atoms with E-state index in [0.717, 1.165) is 56.4 Å². The number of benzene rings is 2. The highest BCUT2D eigenvalue weighted by Crippen LogP contribution is 2.40. The number of methoxy groups -OCH3 is 1. The van der Waals surface area contributed by atoms with Crippen LogP contribution in [0.2, 0.25) is 5.02 Å². The Bertz CT molecular complexity index is 1110.